The Morgan fingerprint density at radius 2 is 0.987 bits per heavy atom. The van der Waals surface area contributed by atoms with E-state index in [1.165, 1.54) is 163 Å². The number of hydrogen-bond donors (Lipinski definition) is 0. The third kappa shape index (κ3) is 6.18. The number of benzene rings is 6. The van der Waals surface area contributed by atoms with Gasteiger partial charge < -0.3 is 14.7 Å². The first-order valence-corrected chi connectivity index (χ1v) is 29.3. The summed E-state index contributed by atoms with van der Waals surface area (Å²) >= 11 is 0. The summed E-state index contributed by atoms with van der Waals surface area (Å²) in [7, 11) is 0. The zero-order valence-corrected chi connectivity index (χ0v) is 49.6. The fourth-order valence-corrected chi connectivity index (χ4v) is 17.4. The smallest absolute Gasteiger partial charge is 0.252 e. The molecule has 0 saturated heterocycles. The third-order valence-electron chi connectivity index (χ3n) is 22.0. The number of anilines is 7. The molecular formula is C71H86BN3. The minimum absolute atomic E-state index is 0.00329. The van der Waals surface area contributed by atoms with Gasteiger partial charge in [0.25, 0.3) is 6.71 Å². The maximum atomic E-state index is 3.00. The van der Waals surface area contributed by atoms with Crippen LogP contribution in [0.1, 0.15) is 216 Å². The molecule has 2 fully saturated rings. The summed E-state index contributed by atoms with van der Waals surface area (Å²) in [5, 5.41) is 0. The van der Waals surface area contributed by atoms with Crippen LogP contribution in [0.15, 0.2) is 78.9 Å². The fraction of sp³-hybridized carbons (Fsp3) is 0.493. The molecule has 0 aromatic heterocycles. The molecule has 3 nitrogen and oxygen atoms in total. The summed E-state index contributed by atoms with van der Waals surface area (Å²) in [5.41, 5.74) is 32.7. The van der Waals surface area contributed by atoms with E-state index in [0.717, 1.165) is 0 Å². The van der Waals surface area contributed by atoms with Gasteiger partial charge in [0.05, 0.1) is 16.8 Å². The van der Waals surface area contributed by atoms with Crippen molar-refractivity contribution >= 4 is 62.9 Å². The van der Waals surface area contributed by atoms with Crippen LogP contribution >= 0.6 is 0 Å². The van der Waals surface area contributed by atoms with E-state index in [-0.39, 0.29) is 50.3 Å². The van der Waals surface area contributed by atoms with E-state index >= 15 is 0 Å². The number of fused-ring (bicyclic) bond motifs is 13. The summed E-state index contributed by atoms with van der Waals surface area (Å²) in [4.78, 5) is 8.73. The van der Waals surface area contributed by atoms with Crippen LogP contribution in [0.5, 0.6) is 0 Å². The SMILES string of the molecule is Cc1cc(C)c2c3c1B1c4cc5c(cc4N(c4c(C)cc(C(C)(C)C)cc4C)c4cc(N6c7ccc(C(C)(C)C)cc7C7(C)CCCCC67C)cc(c41)N3C1(C)CCCCC21C)C(C)(C)c1ccc(C(C)(C)C)cc1-5. The Labute approximate surface area is 453 Å². The van der Waals surface area contributed by atoms with Gasteiger partial charge in [0.1, 0.15) is 0 Å². The minimum Gasteiger partial charge on any atom is -0.335 e. The van der Waals surface area contributed by atoms with Crippen LogP contribution in [0.25, 0.3) is 11.1 Å². The summed E-state index contributed by atoms with van der Waals surface area (Å²) in [5.74, 6) is 0. The molecule has 388 valence electrons. The van der Waals surface area contributed by atoms with Crippen molar-refractivity contribution in [3.8, 4) is 11.1 Å². The predicted molar refractivity (Wildman–Crippen MR) is 324 cm³/mol. The number of nitrogens with zero attached hydrogens (tertiary/aromatic N) is 3. The lowest BCUT2D eigenvalue weighted by Gasteiger charge is -2.54. The van der Waals surface area contributed by atoms with Gasteiger partial charge in [-0.1, -0.05) is 176 Å². The molecule has 0 spiro atoms. The Kier molecular flexibility index (Phi) is 9.92. The van der Waals surface area contributed by atoms with Crippen LogP contribution in [-0.4, -0.2) is 17.8 Å². The summed E-state index contributed by atoms with van der Waals surface area (Å²) in [6.45, 7) is 46.8. The molecule has 4 aliphatic heterocycles. The molecule has 3 aliphatic carbocycles. The Bertz CT molecular complexity index is 3490. The zero-order chi connectivity index (χ0) is 53.4. The van der Waals surface area contributed by atoms with Gasteiger partial charge in [0.2, 0.25) is 0 Å². The highest BCUT2D eigenvalue weighted by Crippen LogP contribution is 2.66. The molecule has 4 atom stereocenters. The summed E-state index contributed by atoms with van der Waals surface area (Å²) in [6.07, 6.45) is 9.82. The van der Waals surface area contributed by atoms with Crippen molar-refractivity contribution in [2.75, 3.05) is 14.7 Å². The Balaban J connectivity index is 1.19. The molecule has 4 unspecified atom stereocenters. The lowest BCUT2D eigenvalue weighted by molar-refractivity contribution is 0.193. The molecule has 4 heterocycles. The normalized spacial score (nSPS) is 25.6. The second-order valence-corrected chi connectivity index (χ2v) is 29.9. The maximum absolute atomic E-state index is 3.00. The van der Waals surface area contributed by atoms with Crippen molar-refractivity contribution < 1.29 is 0 Å². The highest BCUT2D eigenvalue weighted by atomic mass is 15.3. The van der Waals surface area contributed by atoms with Gasteiger partial charge in [-0.25, -0.2) is 0 Å². The van der Waals surface area contributed by atoms with Crippen LogP contribution in [0.2, 0.25) is 0 Å². The average Bonchev–Trinajstić information content (AvgIpc) is 3.95. The third-order valence-corrected chi connectivity index (χ3v) is 22.0. The van der Waals surface area contributed by atoms with Crippen molar-refractivity contribution in [2.45, 2.75) is 226 Å². The second kappa shape index (κ2) is 15.1. The fourth-order valence-electron chi connectivity index (χ4n) is 17.4. The molecule has 13 rings (SSSR count). The average molecular weight is 992 g/mol. The molecular weight excluding hydrogens is 906 g/mol. The van der Waals surface area contributed by atoms with Gasteiger partial charge in [0.15, 0.2) is 0 Å². The number of hydrogen-bond acceptors (Lipinski definition) is 3. The van der Waals surface area contributed by atoms with Crippen molar-refractivity contribution in [3.63, 3.8) is 0 Å². The second-order valence-electron chi connectivity index (χ2n) is 29.9. The summed E-state index contributed by atoms with van der Waals surface area (Å²) in [6, 6.07) is 33.6. The van der Waals surface area contributed by atoms with E-state index in [9.17, 15) is 0 Å². The van der Waals surface area contributed by atoms with Crippen LogP contribution in [0.4, 0.5) is 39.8 Å². The lowest BCUT2D eigenvalue weighted by atomic mass is 9.32. The number of aryl methyl sites for hydroxylation is 4. The van der Waals surface area contributed by atoms with Crippen LogP contribution in [0.3, 0.4) is 0 Å². The molecule has 6 aromatic carbocycles. The van der Waals surface area contributed by atoms with E-state index in [4.69, 9.17) is 0 Å². The van der Waals surface area contributed by atoms with Crippen molar-refractivity contribution in [2.24, 2.45) is 0 Å². The lowest BCUT2D eigenvalue weighted by Crippen LogP contribution is -2.65. The van der Waals surface area contributed by atoms with E-state index in [1.54, 1.807) is 16.6 Å². The highest BCUT2D eigenvalue weighted by Gasteiger charge is 2.63. The van der Waals surface area contributed by atoms with Crippen LogP contribution in [-0.2, 0) is 32.5 Å². The van der Waals surface area contributed by atoms with E-state index < -0.39 is 0 Å². The molecule has 0 radical (unpaired) electrons. The van der Waals surface area contributed by atoms with Gasteiger partial charge in [-0.3, -0.25) is 0 Å². The first-order chi connectivity index (χ1) is 35.0. The predicted octanol–water partition coefficient (Wildman–Crippen LogP) is 17.2. The van der Waals surface area contributed by atoms with Gasteiger partial charge in [-0.05, 0) is 191 Å². The van der Waals surface area contributed by atoms with E-state index in [0.29, 0.717) is 0 Å². The quantitative estimate of drug-likeness (QED) is 0.160. The Morgan fingerprint density at radius 1 is 0.427 bits per heavy atom. The highest BCUT2D eigenvalue weighted by molar-refractivity contribution is 7.00. The molecule has 2 saturated carbocycles. The zero-order valence-electron chi connectivity index (χ0n) is 49.6. The molecule has 75 heavy (non-hydrogen) atoms. The largest absolute Gasteiger partial charge is 0.335 e. The molecule has 0 N–H and O–H groups in total. The molecule has 6 aromatic rings. The monoisotopic (exact) mass is 992 g/mol. The van der Waals surface area contributed by atoms with Gasteiger partial charge in [0, 0.05) is 50.4 Å². The van der Waals surface area contributed by atoms with Crippen molar-refractivity contribution in [1.82, 2.24) is 0 Å². The Morgan fingerprint density at radius 3 is 1.63 bits per heavy atom. The molecule has 7 aliphatic rings. The van der Waals surface area contributed by atoms with Gasteiger partial charge >= 0.3 is 0 Å². The standard InChI is InChI=1S/C71H86BN3/c1-41-32-42(2)60-63-59(41)69(17)29-21-23-31-71(69,19)75(63)58-38-48(74-55-27-25-46(65(8,9)10)36-53(55)68(16)28-20-22-30-70(68,74)18)37-57-61(58)72(60)54-39-50-49-35-45(64(5,6)7)24-26-51(49)67(14,15)52(50)40-56(54)73(57)62-43(3)33-47(34-44(62)4)66(11,12)13/h24-27,32-40H,20-23,28-31H2,1-19H3. The molecule has 0 bridgehead atoms. The van der Waals surface area contributed by atoms with Crippen molar-refractivity contribution in [1.29, 1.82) is 0 Å². The minimum atomic E-state index is -0.177. The Hall–Kier alpha value is -5.22. The van der Waals surface area contributed by atoms with Gasteiger partial charge in [-0.15, -0.1) is 0 Å². The topological polar surface area (TPSA) is 9.72 Å². The van der Waals surface area contributed by atoms with Crippen LogP contribution in [0, 0.1) is 27.7 Å². The molecule has 4 heteroatoms. The number of rotatable bonds is 2. The van der Waals surface area contributed by atoms with E-state index in [1.807, 2.05) is 0 Å². The first-order valence-electron chi connectivity index (χ1n) is 29.3. The summed E-state index contributed by atoms with van der Waals surface area (Å²) < 4.78 is 0. The van der Waals surface area contributed by atoms with Crippen LogP contribution < -0.4 is 31.1 Å². The molecule has 0 amide bonds. The van der Waals surface area contributed by atoms with Gasteiger partial charge in [-0.2, -0.15) is 0 Å². The van der Waals surface area contributed by atoms with Crippen molar-refractivity contribution in [3.05, 3.63) is 140 Å². The first kappa shape index (κ1) is 49.4. The van der Waals surface area contributed by atoms with E-state index in [2.05, 4.69) is 225 Å². The maximum Gasteiger partial charge on any atom is 0.252 e.